The lowest BCUT2D eigenvalue weighted by Gasteiger charge is -2.23. The van der Waals surface area contributed by atoms with Crippen molar-refractivity contribution in [3.05, 3.63) is 63.2 Å². The molecule has 1 N–H and O–H groups in total. The highest BCUT2D eigenvalue weighted by Gasteiger charge is 2.25. The maximum absolute atomic E-state index is 12.7. The number of nitrogens with one attached hydrogen (secondary N) is 1. The van der Waals surface area contributed by atoms with E-state index < -0.39 is 39.3 Å². The van der Waals surface area contributed by atoms with E-state index in [4.69, 9.17) is 0 Å². The van der Waals surface area contributed by atoms with Gasteiger partial charge in [0.05, 0.1) is 42.2 Å². The van der Waals surface area contributed by atoms with Crippen molar-refractivity contribution in [2.45, 2.75) is 6.92 Å². The first-order valence-electron chi connectivity index (χ1n) is 9.21. The van der Waals surface area contributed by atoms with E-state index in [9.17, 15) is 32.9 Å². The van der Waals surface area contributed by atoms with Gasteiger partial charge in [-0.3, -0.25) is 19.2 Å². The van der Waals surface area contributed by atoms with E-state index in [-0.39, 0.29) is 28.2 Å². The molecular weight excluding hydrogens is 458 g/mol. The fourth-order valence-electron chi connectivity index (χ4n) is 2.86. The highest BCUT2D eigenvalue weighted by Crippen LogP contribution is 2.27. The summed E-state index contributed by atoms with van der Waals surface area (Å²) in [6.45, 7) is 0.814. The van der Waals surface area contributed by atoms with Gasteiger partial charge in [0.25, 0.3) is 5.69 Å². The number of hydrogen-bond acceptors (Lipinski definition) is 9. The largest absolute Gasteiger partial charge is 0.465 e. The molecule has 0 bridgehead atoms. The molecule has 2 aromatic carbocycles. The Balaban J connectivity index is 2.41. The summed E-state index contributed by atoms with van der Waals surface area (Å²) in [6, 6.07) is 7.32. The van der Waals surface area contributed by atoms with Gasteiger partial charge in [-0.15, -0.1) is 0 Å². The van der Waals surface area contributed by atoms with Crippen molar-refractivity contribution in [1.29, 1.82) is 0 Å². The van der Waals surface area contributed by atoms with Crippen LogP contribution in [0.25, 0.3) is 0 Å². The summed E-state index contributed by atoms with van der Waals surface area (Å²) in [4.78, 5) is 46.9. The molecule has 0 atom stereocenters. The number of hydrogen-bond donors (Lipinski definition) is 1. The molecule has 1 amide bonds. The first kappa shape index (κ1) is 25.3. The van der Waals surface area contributed by atoms with Gasteiger partial charge in [-0.1, -0.05) is 6.07 Å². The van der Waals surface area contributed by atoms with Gasteiger partial charge >= 0.3 is 11.9 Å². The minimum atomic E-state index is -4.02. The van der Waals surface area contributed by atoms with Crippen molar-refractivity contribution in [1.82, 2.24) is 0 Å². The number of nitrogens with zero attached hydrogens (tertiary/aromatic N) is 2. The van der Waals surface area contributed by atoms with Crippen LogP contribution in [0, 0.1) is 17.0 Å². The fourth-order valence-corrected chi connectivity index (χ4v) is 3.77. The van der Waals surface area contributed by atoms with Crippen molar-refractivity contribution >= 4 is 44.9 Å². The number of aryl methyl sites for hydroxylation is 1. The summed E-state index contributed by atoms with van der Waals surface area (Å²) >= 11 is 0. The first-order valence-corrected chi connectivity index (χ1v) is 11.1. The first-order chi connectivity index (χ1) is 15.4. The van der Waals surface area contributed by atoms with Crippen LogP contribution in [0.15, 0.2) is 36.4 Å². The highest BCUT2D eigenvalue weighted by atomic mass is 32.2. The molecule has 2 aromatic rings. The molecule has 2 rings (SSSR count). The van der Waals surface area contributed by atoms with Crippen LogP contribution in [0.2, 0.25) is 0 Å². The molecule has 0 unspecified atom stereocenters. The summed E-state index contributed by atoms with van der Waals surface area (Å²) in [5.74, 6) is -2.38. The summed E-state index contributed by atoms with van der Waals surface area (Å²) < 4.78 is 34.7. The lowest BCUT2D eigenvalue weighted by Crippen LogP contribution is -2.38. The lowest BCUT2D eigenvalue weighted by atomic mass is 10.1. The van der Waals surface area contributed by atoms with Crippen LogP contribution in [0.4, 0.5) is 17.1 Å². The van der Waals surface area contributed by atoms with Crippen molar-refractivity contribution in [3.8, 4) is 0 Å². The van der Waals surface area contributed by atoms with Crippen molar-refractivity contribution in [2.24, 2.45) is 0 Å². The van der Waals surface area contributed by atoms with Gasteiger partial charge in [0.2, 0.25) is 15.9 Å². The molecule has 0 radical (unpaired) electrons. The standard InChI is InChI=1S/C20H21N3O9S/c1-12-5-6-16(23(27)28)10-17(12)22(33(4,29)30)11-18(24)21-15-8-13(19(25)31-2)7-14(9-15)20(26)32-3/h5-10H,11H2,1-4H3,(H,21,24). The number of anilines is 2. The summed E-state index contributed by atoms with van der Waals surface area (Å²) in [5, 5.41) is 13.5. The molecule has 12 nitrogen and oxygen atoms in total. The number of benzene rings is 2. The van der Waals surface area contributed by atoms with Crippen LogP contribution in [-0.4, -0.2) is 58.2 Å². The molecule has 0 heterocycles. The fraction of sp³-hybridized carbons (Fsp3) is 0.250. The zero-order valence-corrected chi connectivity index (χ0v) is 19.0. The molecule has 176 valence electrons. The van der Waals surface area contributed by atoms with Gasteiger partial charge < -0.3 is 14.8 Å². The normalized spacial score (nSPS) is 10.8. The third kappa shape index (κ3) is 6.26. The lowest BCUT2D eigenvalue weighted by molar-refractivity contribution is -0.384. The van der Waals surface area contributed by atoms with Crippen molar-refractivity contribution < 1.29 is 37.2 Å². The molecule has 0 aliphatic heterocycles. The smallest absolute Gasteiger partial charge is 0.337 e. The van der Waals surface area contributed by atoms with E-state index in [1.54, 1.807) is 0 Å². The molecular formula is C20H21N3O9S. The van der Waals surface area contributed by atoms with Crippen molar-refractivity contribution in [2.75, 3.05) is 36.6 Å². The molecule has 0 aliphatic carbocycles. The Morgan fingerprint density at radius 3 is 2.03 bits per heavy atom. The van der Waals surface area contributed by atoms with Gasteiger partial charge in [-0.2, -0.15) is 0 Å². The van der Waals surface area contributed by atoms with Crippen LogP contribution in [0.1, 0.15) is 26.3 Å². The van der Waals surface area contributed by atoms with E-state index in [0.717, 1.165) is 30.8 Å². The molecule has 0 spiro atoms. The number of esters is 2. The number of ether oxygens (including phenoxy) is 2. The zero-order chi connectivity index (χ0) is 24.9. The van der Waals surface area contributed by atoms with Crippen LogP contribution in [-0.2, 0) is 24.3 Å². The van der Waals surface area contributed by atoms with E-state index in [0.29, 0.717) is 5.56 Å². The van der Waals surface area contributed by atoms with Gasteiger partial charge in [0.15, 0.2) is 0 Å². The Labute approximate surface area is 189 Å². The Hall–Kier alpha value is -4.00. The van der Waals surface area contributed by atoms with Crippen LogP contribution in [0.5, 0.6) is 0 Å². The minimum absolute atomic E-state index is 0.00696. The number of rotatable bonds is 8. The van der Waals surface area contributed by atoms with Gasteiger partial charge in [0, 0.05) is 17.8 Å². The summed E-state index contributed by atoms with van der Waals surface area (Å²) in [7, 11) is -1.75. The number of carbonyl (C=O) groups excluding carboxylic acids is 3. The number of amides is 1. The molecule has 0 aliphatic rings. The maximum atomic E-state index is 12.7. The van der Waals surface area contributed by atoms with Gasteiger partial charge in [-0.25, -0.2) is 18.0 Å². The predicted molar refractivity (Wildman–Crippen MR) is 118 cm³/mol. The number of sulfonamides is 1. The summed E-state index contributed by atoms with van der Waals surface area (Å²) in [5.41, 5.74) is -0.0963. The molecule has 33 heavy (non-hydrogen) atoms. The number of non-ortho nitro benzene ring substituents is 1. The molecule has 13 heteroatoms. The average molecular weight is 479 g/mol. The second-order valence-corrected chi connectivity index (χ2v) is 8.73. The monoisotopic (exact) mass is 479 g/mol. The number of methoxy groups -OCH3 is 2. The molecule has 0 saturated carbocycles. The second kappa shape index (κ2) is 10.1. The van der Waals surface area contributed by atoms with E-state index in [1.165, 1.54) is 37.3 Å². The number of nitro benzene ring substituents is 1. The third-order valence-electron chi connectivity index (χ3n) is 4.42. The van der Waals surface area contributed by atoms with Crippen molar-refractivity contribution in [3.63, 3.8) is 0 Å². The van der Waals surface area contributed by atoms with E-state index >= 15 is 0 Å². The Morgan fingerprint density at radius 1 is 1.03 bits per heavy atom. The Morgan fingerprint density at radius 2 is 1.58 bits per heavy atom. The number of carbonyl (C=O) groups is 3. The topological polar surface area (TPSA) is 162 Å². The SMILES string of the molecule is COC(=O)c1cc(NC(=O)CN(c2cc([N+](=O)[O-])ccc2C)S(C)(=O)=O)cc(C(=O)OC)c1. The maximum Gasteiger partial charge on any atom is 0.337 e. The minimum Gasteiger partial charge on any atom is -0.465 e. The third-order valence-corrected chi connectivity index (χ3v) is 5.55. The average Bonchev–Trinajstić information content (AvgIpc) is 2.75. The molecule has 0 fully saturated rings. The van der Waals surface area contributed by atoms with Crippen LogP contribution in [0.3, 0.4) is 0 Å². The van der Waals surface area contributed by atoms with E-state index in [2.05, 4.69) is 14.8 Å². The second-order valence-electron chi connectivity index (χ2n) is 6.83. The highest BCUT2D eigenvalue weighted by molar-refractivity contribution is 7.92. The Kier molecular flexibility index (Phi) is 7.72. The predicted octanol–water partition coefficient (Wildman–Crippen LogP) is 1.88. The van der Waals surface area contributed by atoms with Gasteiger partial charge in [-0.05, 0) is 30.7 Å². The molecule has 0 aromatic heterocycles. The van der Waals surface area contributed by atoms with Gasteiger partial charge in [0.1, 0.15) is 6.54 Å². The van der Waals surface area contributed by atoms with Crippen LogP contribution < -0.4 is 9.62 Å². The zero-order valence-electron chi connectivity index (χ0n) is 18.1. The van der Waals surface area contributed by atoms with E-state index in [1.807, 2.05) is 0 Å². The Bertz CT molecular complexity index is 1190. The number of nitro groups is 1. The summed E-state index contributed by atoms with van der Waals surface area (Å²) in [6.07, 6.45) is 0.853. The molecule has 0 saturated heterocycles. The quantitative estimate of drug-likeness (QED) is 0.338. The van der Waals surface area contributed by atoms with Crippen LogP contribution >= 0.6 is 0 Å².